The van der Waals surface area contributed by atoms with Gasteiger partial charge in [-0.2, -0.15) is 0 Å². The molecule has 9 heteroatoms. The number of nitrogens with zero attached hydrogens (tertiary/aromatic N) is 5. The number of rotatable bonds is 4. The molecule has 1 fully saturated rings. The predicted molar refractivity (Wildman–Crippen MR) is 90.5 cm³/mol. The standard InChI is InChI=1S/C15H18N6O3/c1-24-12-4-2-3-11(9-12)19-5-7-20(8-6-19)15-13(21(22)23)14(16)17-10-18-15/h2-4,9-10H,5-8H2,1H3,(H2,16,17,18). The highest BCUT2D eigenvalue weighted by Crippen LogP contribution is 2.31. The van der Waals surface area contributed by atoms with Gasteiger partial charge in [0.1, 0.15) is 12.1 Å². The normalized spacial score (nSPS) is 14.5. The molecule has 0 atom stereocenters. The maximum atomic E-state index is 11.2. The third-order valence-corrected chi connectivity index (χ3v) is 4.01. The van der Waals surface area contributed by atoms with Crippen molar-refractivity contribution in [2.24, 2.45) is 0 Å². The zero-order chi connectivity index (χ0) is 17.1. The van der Waals surface area contributed by atoms with Crippen LogP contribution in [0.3, 0.4) is 0 Å². The Hall–Kier alpha value is -3.10. The van der Waals surface area contributed by atoms with Gasteiger partial charge in [0.2, 0.25) is 11.6 Å². The smallest absolute Gasteiger partial charge is 0.353 e. The lowest BCUT2D eigenvalue weighted by Gasteiger charge is -2.36. The molecule has 3 rings (SSSR count). The molecule has 0 radical (unpaired) electrons. The highest BCUT2D eigenvalue weighted by Gasteiger charge is 2.28. The van der Waals surface area contributed by atoms with E-state index in [1.54, 1.807) is 7.11 Å². The average molecular weight is 330 g/mol. The number of anilines is 3. The molecule has 0 bridgehead atoms. The second-order valence-electron chi connectivity index (χ2n) is 5.36. The van der Waals surface area contributed by atoms with Crippen molar-refractivity contribution in [2.45, 2.75) is 0 Å². The van der Waals surface area contributed by atoms with E-state index in [4.69, 9.17) is 10.5 Å². The monoisotopic (exact) mass is 330 g/mol. The van der Waals surface area contributed by atoms with Crippen molar-refractivity contribution in [3.05, 3.63) is 40.7 Å². The number of nitrogen functional groups attached to an aromatic ring is 1. The van der Waals surface area contributed by atoms with Crippen LogP contribution in [0.1, 0.15) is 0 Å². The summed E-state index contributed by atoms with van der Waals surface area (Å²) in [5.74, 6) is 0.965. The third kappa shape index (κ3) is 3.00. The van der Waals surface area contributed by atoms with Crippen LogP contribution in [-0.2, 0) is 0 Å². The number of hydrogen-bond donors (Lipinski definition) is 1. The van der Waals surface area contributed by atoms with Crippen LogP contribution in [0.15, 0.2) is 30.6 Å². The van der Waals surface area contributed by atoms with Gasteiger partial charge in [0.15, 0.2) is 0 Å². The Kier molecular flexibility index (Phi) is 4.32. The SMILES string of the molecule is COc1cccc(N2CCN(c3ncnc(N)c3[N+](=O)[O-])CC2)c1. The van der Waals surface area contributed by atoms with Crippen molar-refractivity contribution in [3.63, 3.8) is 0 Å². The fourth-order valence-electron chi connectivity index (χ4n) is 2.77. The molecular weight excluding hydrogens is 312 g/mol. The zero-order valence-electron chi connectivity index (χ0n) is 13.3. The van der Waals surface area contributed by atoms with E-state index >= 15 is 0 Å². The number of piperazine rings is 1. The molecule has 0 amide bonds. The van der Waals surface area contributed by atoms with Crippen LogP contribution in [0.4, 0.5) is 23.0 Å². The van der Waals surface area contributed by atoms with Crippen LogP contribution in [0, 0.1) is 10.1 Å². The Bertz CT molecular complexity index is 746. The van der Waals surface area contributed by atoms with Crippen molar-refractivity contribution in [3.8, 4) is 5.75 Å². The maximum absolute atomic E-state index is 11.2. The summed E-state index contributed by atoms with van der Waals surface area (Å²) in [6.07, 6.45) is 1.26. The molecule has 1 aromatic carbocycles. The Morgan fingerprint density at radius 3 is 2.58 bits per heavy atom. The third-order valence-electron chi connectivity index (χ3n) is 4.01. The minimum Gasteiger partial charge on any atom is -0.497 e. The first kappa shape index (κ1) is 15.8. The van der Waals surface area contributed by atoms with Gasteiger partial charge in [-0.15, -0.1) is 0 Å². The van der Waals surface area contributed by atoms with Crippen LogP contribution >= 0.6 is 0 Å². The van der Waals surface area contributed by atoms with Gasteiger partial charge < -0.3 is 20.3 Å². The van der Waals surface area contributed by atoms with Gasteiger partial charge in [-0.25, -0.2) is 9.97 Å². The minimum absolute atomic E-state index is 0.111. The molecule has 2 N–H and O–H groups in total. The average Bonchev–Trinajstić information content (AvgIpc) is 2.61. The lowest BCUT2D eigenvalue weighted by atomic mass is 10.2. The number of hydrogen-bond acceptors (Lipinski definition) is 8. The first-order chi connectivity index (χ1) is 11.6. The first-order valence-corrected chi connectivity index (χ1v) is 7.49. The molecule has 1 aliphatic heterocycles. The first-order valence-electron chi connectivity index (χ1n) is 7.49. The second kappa shape index (κ2) is 6.57. The summed E-state index contributed by atoms with van der Waals surface area (Å²) in [6, 6.07) is 7.83. The van der Waals surface area contributed by atoms with Crippen molar-refractivity contribution in [1.29, 1.82) is 0 Å². The van der Waals surface area contributed by atoms with Gasteiger partial charge >= 0.3 is 5.69 Å². The molecule has 24 heavy (non-hydrogen) atoms. The number of aromatic nitrogens is 2. The number of ether oxygens (including phenoxy) is 1. The summed E-state index contributed by atoms with van der Waals surface area (Å²) in [5.41, 5.74) is 6.47. The Balaban J connectivity index is 1.76. The molecule has 1 saturated heterocycles. The molecule has 9 nitrogen and oxygen atoms in total. The van der Waals surface area contributed by atoms with Crippen LogP contribution < -0.4 is 20.3 Å². The molecule has 0 saturated carbocycles. The summed E-state index contributed by atoms with van der Waals surface area (Å²) in [6.45, 7) is 2.64. The zero-order valence-corrected chi connectivity index (χ0v) is 13.3. The van der Waals surface area contributed by atoms with Gasteiger partial charge in [-0.05, 0) is 12.1 Å². The van der Waals surface area contributed by atoms with Crippen molar-refractivity contribution < 1.29 is 9.66 Å². The molecule has 1 aromatic heterocycles. The molecule has 2 aromatic rings. The maximum Gasteiger partial charge on any atom is 0.353 e. The number of methoxy groups -OCH3 is 1. The molecule has 2 heterocycles. The summed E-state index contributed by atoms with van der Waals surface area (Å²) >= 11 is 0. The summed E-state index contributed by atoms with van der Waals surface area (Å²) < 4.78 is 5.25. The summed E-state index contributed by atoms with van der Waals surface area (Å²) in [5, 5.41) is 11.2. The molecule has 126 valence electrons. The van der Waals surface area contributed by atoms with E-state index in [9.17, 15) is 10.1 Å². The molecule has 1 aliphatic rings. The predicted octanol–water partition coefficient (Wildman–Crippen LogP) is 1.30. The summed E-state index contributed by atoms with van der Waals surface area (Å²) in [4.78, 5) is 22.6. The van der Waals surface area contributed by atoms with Crippen LogP contribution in [0.25, 0.3) is 0 Å². The Morgan fingerprint density at radius 1 is 1.21 bits per heavy atom. The van der Waals surface area contributed by atoms with E-state index in [2.05, 4.69) is 14.9 Å². The summed E-state index contributed by atoms with van der Waals surface area (Å²) in [7, 11) is 1.63. The molecule has 0 spiro atoms. The van der Waals surface area contributed by atoms with Gasteiger partial charge in [-0.1, -0.05) is 6.07 Å². The van der Waals surface area contributed by atoms with Gasteiger partial charge in [0, 0.05) is 37.9 Å². The Morgan fingerprint density at radius 2 is 1.92 bits per heavy atom. The number of nitro groups is 1. The van der Waals surface area contributed by atoms with Crippen LogP contribution in [-0.4, -0.2) is 48.2 Å². The quantitative estimate of drug-likeness (QED) is 0.660. The van der Waals surface area contributed by atoms with E-state index in [0.717, 1.165) is 11.4 Å². The van der Waals surface area contributed by atoms with Crippen molar-refractivity contribution >= 4 is 23.0 Å². The second-order valence-corrected chi connectivity index (χ2v) is 5.36. The fraction of sp³-hybridized carbons (Fsp3) is 0.333. The lowest BCUT2D eigenvalue weighted by molar-refractivity contribution is -0.383. The van der Waals surface area contributed by atoms with E-state index in [-0.39, 0.29) is 17.3 Å². The van der Waals surface area contributed by atoms with Gasteiger partial charge in [-0.3, -0.25) is 10.1 Å². The highest BCUT2D eigenvalue weighted by atomic mass is 16.6. The number of nitrogens with two attached hydrogens (primary N) is 1. The molecule has 0 aliphatic carbocycles. The minimum atomic E-state index is -0.529. The van der Waals surface area contributed by atoms with Crippen LogP contribution in [0.2, 0.25) is 0 Å². The van der Waals surface area contributed by atoms with Crippen molar-refractivity contribution in [1.82, 2.24) is 9.97 Å². The van der Waals surface area contributed by atoms with Gasteiger partial charge in [0.05, 0.1) is 12.0 Å². The van der Waals surface area contributed by atoms with E-state index in [1.807, 2.05) is 29.2 Å². The lowest BCUT2D eigenvalue weighted by Crippen LogP contribution is -2.47. The molecule has 0 unspecified atom stereocenters. The van der Waals surface area contributed by atoms with E-state index < -0.39 is 4.92 Å². The van der Waals surface area contributed by atoms with Gasteiger partial charge in [0.25, 0.3) is 0 Å². The van der Waals surface area contributed by atoms with E-state index in [0.29, 0.717) is 26.2 Å². The van der Waals surface area contributed by atoms with Crippen LogP contribution in [0.5, 0.6) is 5.75 Å². The number of benzene rings is 1. The topological polar surface area (TPSA) is 111 Å². The molecular formula is C15H18N6O3. The highest BCUT2D eigenvalue weighted by molar-refractivity contribution is 5.69. The largest absolute Gasteiger partial charge is 0.497 e. The fourth-order valence-corrected chi connectivity index (χ4v) is 2.77. The van der Waals surface area contributed by atoms with E-state index in [1.165, 1.54) is 6.33 Å². The van der Waals surface area contributed by atoms with Crippen molar-refractivity contribution in [2.75, 3.05) is 48.8 Å². The Labute approximate surface area is 138 Å².